The van der Waals surface area contributed by atoms with Crippen molar-refractivity contribution < 1.29 is 8.95 Å². The van der Waals surface area contributed by atoms with Gasteiger partial charge < -0.3 is 9.72 Å². The van der Waals surface area contributed by atoms with Crippen LogP contribution in [0.1, 0.15) is 5.69 Å². The number of methoxy groups -OCH3 is 1. The number of hydrogen-bond donors (Lipinski definition) is 1. The highest BCUT2D eigenvalue weighted by atomic mass is 32.2. The summed E-state index contributed by atoms with van der Waals surface area (Å²) in [5, 5.41) is 0.405. The summed E-state index contributed by atoms with van der Waals surface area (Å²) >= 11 is 0. The molecule has 0 fully saturated rings. The van der Waals surface area contributed by atoms with Crippen LogP contribution < -0.4 is 4.74 Å². The van der Waals surface area contributed by atoms with Gasteiger partial charge in [0.2, 0.25) is 5.88 Å². The van der Waals surface area contributed by atoms with E-state index in [1.54, 1.807) is 6.20 Å². The Morgan fingerprint density at radius 2 is 2.31 bits per heavy atom. The molecule has 0 aliphatic heterocycles. The maximum Gasteiger partial charge on any atom is 0.211 e. The van der Waals surface area contributed by atoms with E-state index in [-0.39, 0.29) is 0 Å². The minimum absolute atomic E-state index is 0.345. The zero-order chi connectivity index (χ0) is 11.4. The fourth-order valence-corrected chi connectivity index (χ4v) is 2.15. The molecule has 84 valence electrons. The zero-order valence-corrected chi connectivity index (χ0v) is 9.53. The highest BCUT2D eigenvalue weighted by molar-refractivity contribution is 7.84. The number of imidazole rings is 1. The lowest BCUT2D eigenvalue weighted by molar-refractivity contribution is 0.398. The van der Waals surface area contributed by atoms with Gasteiger partial charge in [0.15, 0.2) is 5.16 Å². The van der Waals surface area contributed by atoms with Gasteiger partial charge in [0.25, 0.3) is 0 Å². The SMILES string of the molecule is COc1cnc(S(=O)Cc2ccccn2)[nH]1. The average Bonchev–Trinajstić information content (AvgIpc) is 2.79. The lowest BCUT2D eigenvalue weighted by Crippen LogP contribution is -2.00. The first-order chi connectivity index (χ1) is 7.79. The molecule has 0 aliphatic carbocycles. The second-order valence-electron chi connectivity index (χ2n) is 3.07. The van der Waals surface area contributed by atoms with Gasteiger partial charge in [-0.15, -0.1) is 0 Å². The Bertz CT molecular complexity index is 484. The van der Waals surface area contributed by atoms with Gasteiger partial charge in [0, 0.05) is 6.20 Å². The normalized spacial score (nSPS) is 12.3. The number of aromatic amines is 1. The lowest BCUT2D eigenvalue weighted by atomic mass is 10.4. The van der Waals surface area contributed by atoms with Crippen LogP contribution in [-0.4, -0.2) is 26.3 Å². The second-order valence-corrected chi connectivity index (χ2v) is 4.43. The number of hydrogen-bond acceptors (Lipinski definition) is 4. The molecule has 0 aliphatic rings. The largest absolute Gasteiger partial charge is 0.481 e. The predicted octanol–water partition coefficient (Wildman–Crippen LogP) is 1.12. The summed E-state index contributed by atoms with van der Waals surface area (Å²) in [5.74, 6) is 0.849. The van der Waals surface area contributed by atoms with Crippen LogP contribution in [0.3, 0.4) is 0 Å². The smallest absolute Gasteiger partial charge is 0.211 e. The number of pyridine rings is 1. The molecule has 0 bridgehead atoms. The minimum Gasteiger partial charge on any atom is -0.481 e. The molecule has 6 heteroatoms. The first-order valence-corrected chi connectivity index (χ1v) is 5.99. The van der Waals surface area contributed by atoms with Crippen molar-refractivity contribution >= 4 is 10.8 Å². The van der Waals surface area contributed by atoms with Crippen LogP contribution >= 0.6 is 0 Å². The summed E-state index contributed by atoms with van der Waals surface area (Å²) in [7, 11) is 0.302. The van der Waals surface area contributed by atoms with Crippen molar-refractivity contribution in [2.24, 2.45) is 0 Å². The van der Waals surface area contributed by atoms with Crippen molar-refractivity contribution in [2.45, 2.75) is 10.9 Å². The Kier molecular flexibility index (Phi) is 3.31. The van der Waals surface area contributed by atoms with Crippen LogP contribution in [-0.2, 0) is 16.6 Å². The molecule has 0 saturated heterocycles. The van der Waals surface area contributed by atoms with E-state index in [4.69, 9.17) is 4.74 Å². The number of nitrogens with one attached hydrogen (secondary N) is 1. The highest BCUT2D eigenvalue weighted by Gasteiger charge is 2.10. The second kappa shape index (κ2) is 4.89. The van der Waals surface area contributed by atoms with E-state index in [0.717, 1.165) is 5.69 Å². The monoisotopic (exact) mass is 237 g/mol. The third-order valence-electron chi connectivity index (χ3n) is 1.97. The van der Waals surface area contributed by atoms with Gasteiger partial charge in [-0.3, -0.25) is 9.19 Å². The highest BCUT2D eigenvalue weighted by Crippen LogP contribution is 2.11. The number of rotatable bonds is 4. The lowest BCUT2D eigenvalue weighted by Gasteiger charge is -1.98. The molecule has 0 radical (unpaired) electrons. The molecule has 2 heterocycles. The van der Waals surface area contributed by atoms with E-state index in [9.17, 15) is 4.21 Å². The maximum absolute atomic E-state index is 11.9. The summed E-state index contributed by atoms with van der Waals surface area (Å²) < 4.78 is 16.8. The summed E-state index contributed by atoms with van der Waals surface area (Å²) in [6, 6.07) is 5.52. The van der Waals surface area contributed by atoms with Crippen molar-refractivity contribution in [2.75, 3.05) is 7.11 Å². The van der Waals surface area contributed by atoms with E-state index in [1.807, 2.05) is 18.2 Å². The van der Waals surface area contributed by atoms with Crippen LogP contribution in [0.5, 0.6) is 5.88 Å². The topological polar surface area (TPSA) is 67.9 Å². The summed E-state index contributed by atoms with van der Waals surface area (Å²) in [5.41, 5.74) is 0.774. The van der Waals surface area contributed by atoms with E-state index in [2.05, 4.69) is 15.0 Å². The molecule has 0 aromatic carbocycles. The Hall–Kier alpha value is -1.69. The molecule has 0 spiro atoms. The molecule has 0 saturated carbocycles. The Balaban J connectivity index is 2.09. The van der Waals surface area contributed by atoms with Gasteiger partial charge in [0.05, 0.1) is 35.6 Å². The molecular weight excluding hydrogens is 226 g/mol. The quantitative estimate of drug-likeness (QED) is 0.865. The van der Waals surface area contributed by atoms with Crippen LogP contribution in [0.4, 0.5) is 0 Å². The predicted molar refractivity (Wildman–Crippen MR) is 59.5 cm³/mol. The van der Waals surface area contributed by atoms with Crippen LogP contribution in [0.25, 0.3) is 0 Å². The Morgan fingerprint density at radius 3 is 2.94 bits per heavy atom. The van der Waals surface area contributed by atoms with Gasteiger partial charge >= 0.3 is 0 Å². The summed E-state index contributed by atoms with van der Waals surface area (Å²) in [6.07, 6.45) is 3.18. The molecule has 5 nitrogen and oxygen atoms in total. The fourth-order valence-electron chi connectivity index (χ4n) is 1.19. The van der Waals surface area contributed by atoms with Crippen molar-refractivity contribution in [3.05, 3.63) is 36.3 Å². The van der Waals surface area contributed by atoms with Gasteiger partial charge in [-0.2, -0.15) is 0 Å². The summed E-state index contributed by atoms with van der Waals surface area (Å²) in [4.78, 5) is 10.9. The third-order valence-corrected chi connectivity index (χ3v) is 3.17. The molecule has 1 N–H and O–H groups in total. The zero-order valence-electron chi connectivity index (χ0n) is 8.71. The van der Waals surface area contributed by atoms with Crippen molar-refractivity contribution in [3.8, 4) is 5.88 Å². The Labute approximate surface area is 95.4 Å². The fraction of sp³-hybridized carbons (Fsp3) is 0.200. The molecule has 2 aromatic heterocycles. The molecular formula is C10H11N3O2S. The molecule has 0 amide bonds. The number of H-pyrrole nitrogens is 1. The average molecular weight is 237 g/mol. The van der Waals surface area contributed by atoms with Crippen LogP contribution in [0.15, 0.2) is 35.7 Å². The molecule has 2 aromatic rings. The van der Waals surface area contributed by atoms with Crippen molar-refractivity contribution in [3.63, 3.8) is 0 Å². The molecule has 1 atom stereocenters. The molecule has 2 rings (SSSR count). The summed E-state index contributed by atoms with van der Waals surface area (Å²) in [6.45, 7) is 0. The van der Waals surface area contributed by atoms with Crippen LogP contribution in [0, 0.1) is 0 Å². The standard InChI is InChI=1S/C10H11N3O2S/c1-15-9-6-12-10(13-9)16(14)7-8-4-2-3-5-11-8/h2-6H,7H2,1H3,(H,12,13). The van der Waals surface area contributed by atoms with Gasteiger partial charge in [0.1, 0.15) is 0 Å². The van der Waals surface area contributed by atoms with Gasteiger partial charge in [-0.1, -0.05) is 6.07 Å². The number of aromatic nitrogens is 3. The first-order valence-electron chi connectivity index (χ1n) is 4.67. The van der Waals surface area contributed by atoms with E-state index >= 15 is 0 Å². The van der Waals surface area contributed by atoms with Gasteiger partial charge in [-0.05, 0) is 12.1 Å². The van der Waals surface area contributed by atoms with E-state index in [0.29, 0.717) is 16.8 Å². The molecule has 1 unspecified atom stereocenters. The van der Waals surface area contributed by atoms with Gasteiger partial charge in [-0.25, -0.2) is 4.98 Å². The van der Waals surface area contributed by atoms with Crippen molar-refractivity contribution in [1.82, 2.24) is 15.0 Å². The third kappa shape index (κ3) is 2.46. The number of ether oxygens (including phenoxy) is 1. The van der Waals surface area contributed by atoms with E-state index in [1.165, 1.54) is 13.3 Å². The first kappa shape index (κ1) is 10.8. The maximum atomic E-state index is 11.9. The number of nitrogens with zero attached hydrogens (tertiary/aromatic N) is 2. The van der Waals surface area contributed by atoms with Crippen molar-refractivity contribution in [1.29, 1.82) is 0 Å². The van der Waals surface area contributed by atoms with Crippen LogP contribution in [0.2, 0.25) is 0 Å². The molecule has 16 heavy (non-hydrogen) atoms. The van der Waals surface area contributed by atoms with E-state index < -0.39 is 10.8 Å². The minimum atomic E-state index is -1.22. The Morgan fingerprint density at radius 1 is 1.44 bits per heavy atom.